The van der Waals surface area contributed by atoms with Gasteiger partial charge in [-0.25, -0.2) is 0 Å². The summed E-state index contributed by atoms with van der Waals surface area (Å²) in [7, 11) is 0. The van der Waals surface area contributed by atoms with Crippen LogP contribution in [0.4, 0.5) is 0 Å². The van der Waals surface area contributed by atoms with Crippen molar-refractivity contribution in [3.05, 3.63) is 65.2 Å². The van der Waals surface area contributed by atoms with Gasteiger partial charge in [-0.2, -0.15) is 0 Å². The van der Waals surface area contributed by atoms with Crippen molar-refractivity contribution in [3.63, 3.8) is 0 Å². The van der Waals surface area contributed by atoms with E-state index in [2.05, 4.69) is 23.5 Å². The maximum absolute atomic E-state index is 13.5. The Bertz CT molecular complexity index is 964. The van der Waals surface area contributed by atoms with Crippen LogP contribution in [-0.2, 0) is 28.0 Å². The number of fused-ring (bicyclic) bond motifs is 1. The highest BCUT2D eigenvalue weighted by Crippen LogP contribution is 2.50. The Morgan fingerprint density at radius 2 is 1.90 bits per heavy atom. The molecule has 1 aliphatic heterocycles. The van der Waals surface area contributed by atoms with Crippen molar-refractivity contribution in [2.75, 3.05) is 19.7 Å². The van der Waals surface area contributed by atoms with Gasteiger partial charge in [0.25, 0.3) is 0 Å². The molecular weight excluding hydrogens is 388 g/mol. The van der Waals surface area contributed by atoms with E-state index in [0.717, 1.165) is 41.8 Å². The number of amides is 2. The number of nitrogens with one attached hydrogen (secondary N) is 1. The first-order valence-corrected chi connectivity index (χ1v) is 11.5. The number of nitrogens with zero attached hydrogens (tertiary/aromatic N) is 1. The fraction of sp³-hybridized carbons (Fsp3) is 0.462. The molecule has 5 rings (SSSR count). The van der Waals surface area contributed by atoms with Crippen molar-refractivity contribution in [2.24, 2.45) is 5.92 Å². The van der Waals surface area contributed by atoms with Crippen molar-refractivity contribution in [1.82, 2.24) is 10.2 Å². The number of carbonyl (C=O) groups excluding carboxylic acids is 2. The first kappa shape index (κ1) is 20.1. The minimum atomic E-state index is -0.358. The van der Waals surface area contributed by atoms with Gasteiger partial charge in [0, 0.05) is 25.1 Å². The molecule has 0 unspecified atom stereocenters. The quantitative estimate of drug-likeness (QED) is 0.748. The van der Waals surface area contributed by atoms with Crippen LogP contribution >= 0.6 is 0 Å². The second-order valence-corrected chi connectivity index (χ2v) is 9.21. The molecule has 2 aliphatic carbocycles. The number of hydrogen-bond acceptors (Lipinski definition) is 3. The second kappa shape index (κ2) is 8.37. The number of carbonyl (C=O) groups is 2. The highest BCUT2D eigenvalue weighted by molar-refractivity contribution is 5.91. The van der Waals surface area contributed by atoms with E-state index in [4.69, 9.17) is 4.74 Å². The minimum absolute atomic E-state index is 0.119. The molecule has 0 bridgehead atoms. The molecule has 2 aromatic carbocycles. The lowest BCUT2D eigenvalue weighted by Gasteiger charge is -2.26. The highest BCUT2D eigenvalue weighted by atomic mass is 16.5. The van der Waals surface area contributed by atoms with Crippen LogP contribution in [0.5, 0.6) is 5.75 Å². The van der Waals surface area contributed by atoms with Crippen molar-refractivity contribution >= 4 is 11.8 Å². The Balaban J connectivity index is 1.25. The van der Waals surface area contributed by atoms with E-state index in [1.807, 2.05) is 35.2 Å². The average molecular weight is 419 g/mol. The van der Waals surface area contributed by atoms with Gasteiger partial charge in [0.1, 0.15) is 12.4 Å². The van der Waals surface area contributed by atoms with E-state index in [1.54, 1.807) is 0 Å². The van der Waals surface area contributed by atoms with Crippen LogP contribution in [0, 0.1) is 5.92 Å². The molecule has 0 saturated heterocycles. The van der Waals surface area contributed by atoms with Gasteiger partial charge in [-0.05, 0) is 55.2 Å². The molecule has 0 aromatic heterocycles. The van der Waals surface area contributed by atoms with E-state index >= 15 is 0 Å². The fourth-order valence-corrected chi connectivity index (χ4v) is 4.51. The zero-order valence-electron chi connectivity index (χ0n) is 17.9. The standard InChI is InChI=1S/C26H30N2O3/c29-24(27-17-20-6-7-20)11-9-19-8-10-23-21(16-19)18-28(14-15-31-23)25(30)26(12-13-26)22-4-2-1-3-5-22/h1-5,8,10,16,20H,6-7,9,11-15,17-18H2,(H,27,29). The summed E-state index contributed by atoms with van der Waals surface area (Å²) >= 11 is 0. The molecule has 162 valence electrons. The molecule has 1 heterocycles. The average Bonchev–Trinajstić information content (AvgIpc) is 3.70. The maximum Gasteiger partial charge on any atom is 0.233 e. The summed E-state index contributed by atoms with van der Waals surface area (Å²) in [4.78, 5) is 27.5. The summed E-state index contributed by atoms with van der Waals surface area (Å²) in [5.41, 5.74) is 2.91. The lowest BCUT2D eigenvalue weighted by molar-refractivity contribution is -0.134. The number of benzene rings is 2. The van der Waals surface area contributed by atoms with E-state index in [9.17, 15) is 9.59 Å². The van der Waals surface area contributed by atoms with Gasteiger partial charge in [0.05, 0.1) is 12.0 Å². The van der Waals surface area contributed by atoms with E-state index in [-0.39, 0.29) is 17.2 Å². The normalized spacial score (nSPS) is 19.0. The largest absolute Gasteiger partial charge is 0.491 e. The van der Waals surface area contributed by atoms with Crippen LogP contribution in [-0.4, -0.2) is 36.4 Å². The van der Waals surface area contributed by atoms with Crippen molar-refractivity contribution in [1.29, 1.82) is 0 Å². The number of rotatable bonds is 7. The Morgan fingerprint density at radius 1 is 1.10 bits per heavy atom. The maximum atomic E-state index is 13.5. The molecule has 0 radical (unpaired) electrons. The topological polar surface area (TPSA) is 58.6 Å². The molecule has 31 heavy (non-hydrogen) atoms. The molecule has 5 heteroatoms. The molecule has 0 spiro atoms. The Hall–Kier alpha value is -2.82. The summed E-state index contributed by atoms with van der Waals surface area (Å²) in [5, 5.41) is 3.03. The first-order chi connectivity index (χ1) is 15.1. The monoisotopic (exact) mass is 418 g/mol. The van der Waals surface area contributed by atoms with Gasteiger partial charge in [-0.15, -0.1) is 0 Å². The molecule has 0 atom stereocenters. The summed E-state index contributed by atoms with van der Waals surface area (Å²) in [6.45, 7) is 2.48. The Kier molecular flexibility index (Phi) is 5.43. The lowest BCUT2D eigenvalue weighted by atomic mass is 9.94. The smallest absolute Gasteiger partial charge is 0.233 e. The van der Waals surface area contributed by atoms with E-state index in [1.165, 1.54) is 12.8 Å². The van der Waals surface area contributed by atoms with Crippen molar-refractivity contribution in [2.45, 2.75) is 50.5 Å². The first-order valence-electron chi connectivity index (χ1n) is 11.5. The van der Waals surface area contributed by atoms with Gasteiger partial charge in [-0.1, -0.05) is 42.5 Å². The van der Waals surface area contributed by atoms with Crippen molar-refractivity contribution in [3.8, 4) is 5.75 Å². The molecule has 1 N–H and O–H groups in total. The third-order valence-corrected chi connectivity index (χ3v) is 6.80. The number of hydrogen-bond donors (Lipinski definition) is 1. The molecule has 5 nitrogen and oxygen atoms in total. The molecule has 3 aliphatic rings. The molecular formula is C26H30N2O3. The molecule has 2 fully saturated rings. The van der Waals surface area contributed by atoms with Crippen LogP contribution in [0.25, 0.3) is 0 Å². The second-order valence-electron chi connectivity index (χ2n) is 9.21. The van der Waals surface area contributed by atoms with Gasteiger partial charge < -0.3 is 15.0 Å². The Labute approximate surface area is 183 Å². The predicted octanol–water partition coefficient (Wildman–Crippen LogP) is 3.60. The third kappa shape index (κ3) is 4.46. The highest BCUT2D eigenvalue weighted by Gasteiger charge is 2.53. The van der Waals surface area contributed by atoms with E-state index in [0.29, 0.717) is 38.5 Å². The zero-order chi connectivity index (χ0) is 21.3. The SMILES string of the molecule is O=C(CCc1ccc2c(c1)CN(C(=O)C1(c3ccccc3)CC1)CCO2)NCC1CC1. The molecule has 2 amide bonds. The summed E-state index contributed by atoms with van der Waals surface area (Å²) in [6, 6.07) is 16.3. The van der Waals surface area contributed by atoms with Crippen LogP contribution in [0.2, 0.25) is 0 Å². The third-order valence-electron chi connectivity index (χ3n) is 6.80. The summed E-state index contributed by atoms with van der Waals surface area (Å²) in [5.74, 6) is 1.87. The Morgan fingerprint density at radius 3 is 2.65 bits per heavy atom. The number of aryl methyl sites for hydroxylation is 1. The van der Waals surface area contributed by atoms with E-state index < -0.39 is 0 Å². The van der Waals surface area contributed by atoms with Crippen molar-refractivity contribution < 1.29 is 14.3 Å². The van der Waals surface area contributed by atoms with Crippen LogP contribution in [0.3, 0.4) is 0 Å². The summed E-state index contributed by atoms with van der Waals surface area (Å²) < 4.78 is 5.95. The van der Waals surface area contributed by atoms with Crippen LogP contribution < -0.4 is 10.1 Å². The molecule has 2 saturated carbocycles. The fourth-order valence-electron chi connectivity index (χ4n) is 4.51. The minimum Gasteiger partial charge on any atom is -0.491 e. The summed E-state index contributed by atoms with van der Waals surface area (Å²) in [6.07, 6.45) is 5.50. The lowest BCUT2D eigenvalue weighted by Crippen LogP contribution is -2.40. The van der Waals surface area contributed by atoms with Crippen LogP contribution in [0.1, 0.15) is 48.8 Å². The van der Waals surface area contributed by atoms with Crippen LogP contribution in [0.15, 0.2) is 48.5 Å². The van der Waals surface area contributed by atoms with Gasteiger partial charge in [0.15, 0.2) is 0 Å². The van der Waals surface area contributed by atoms with Gasteiger partial charge in [-0.3, -0.25) is 9.59 Å². The molecule has 2 aromatic rings. The zero-order valence-corrected chi connectivity index (χ0v) is 17.9. The van der Waals surface area contributed by atoms with Gasteiger partial charge >= 0.3 is 0 Å². The predicted molar refractivity (Wildman–Crippen MR) is 119 cm³/mol. The number of ether oxygens (including phenoxy) is 1. The van der Waals surface area contributed by atoms with Gasteiger partial charge in [0.2, 0.25) is 11.8 Å².